The molecule has 2 N–H and O–H groups in total. The lowest BCUT2D eigenvalue weighted by molar-refractivity contribution is -0.384. The first-order chi connectivity index (χ1) is 14.8. The summed E-state index contributed by atoms with van der Waals surface area (Å²) in [6.45, 7) is 3.58. The largest absolute Gasteiger partial charge is 0.457 e. The van der Waals surface area contributed by atoms with Crippen LogP contribution >= 0.6 is 0 Å². The molecule has 8 heteroatoms. The highest BCUT2D eigenvalue weighted by Gasteiger charge is 2.29. The van der Waals surface area contributed by atoms with Crippen LogP contribution in [-0.4, -0.2) is 9.91 Å². The van der Waals surface area contributed by atoms with Gasteiger partial charge in [-0.1, -0.05) is 12.1 Å². The fraction of sp³-hybridized carbons (Fsp3) is 0.0870. The molecule has 0 aliphatic heterocycles. The van der Waals surface area contributed by atoms with E-state index in [0.29, 0.717) is 50.6 Å². The third kappa shape index (κ3) is 3.13. The third-order valence-corrected chi connectivity index (χ3v) is 5.24. The maximum Gasteiger partial charge on any atom is 0.270 e. The predicted molar refractivity (Wildman–Crippen MR) is 115 cm³/mol. The summed E-state index contributed by atoms with van der Waals surface area (Å²) in [5.74, 6) is 1.06. The molecule has 4 rings (SSSR count). The molecule has 3 aromatic rings. The molecule has 0 fully saturated rings. The molecule has 0 spiro atoms. The first-order valence-corrected chi connectivity index (χ1v) is 9.24. The zero-order valence-electron chi connectivity index (χ0n) is 16.6. The Morgan fingerprint density at radius 2 is 1.97 bits per heavy atom. The van der Waals surface area contributed by atoms with Gasteiger partial charge in [-0.3, -0.25) is 10.1 Å². The zero-order valence-corrected chi connectivity index (χ0v) is 16.6. The second-order valence-corrected chi connectivity index (χ2v) is 7.01. The van der Waals surface area contributed by atoms with Crippen molar-refractivity contribution >= 4 is 28.7 Å². The standard InChI is InChI=1S/C23H15N5O3/c1-12-17(21-13(2)19(11-25)23(26)27-22(21)18(12)10-24)9-16-6-7-20(31-16)14-4-3-5-15(8-14)28(29)30/h3-9H,1-2H3,(H2,26,27)/b17-9-. The lowest BCUT2D eigenvalue weighted by Crippen LogP contribution is -2.03. The number of furan rings is 1. The normalized spacial score (nSPS) is 13.7. The van der Waals surface area contributed by atoms with E-state index in [1.165, 1.54) is 12.1 Å². The lowest BCUT2D eigenvalue weighted by atomic mass is 9.96. The first kappa shape index (κ1) is 19.6. The number of nitrogen functional groups attached to an aromatic ring is 1. The summed E-state index contributed by atoms with van der Waals surface area (Å²) in [4.78, 5) is 14.9. The number of aromatic nitrogens is 1. The summed E-state index contributed by atoms with van der Waals surface area (Å²) >= 11 is 0. The Hall–Kier alpha value is -4.69. The van der Waals surface area contributed by atoms with Gasteiger partial charge in [0.25, 0.3) is 5.69 Å². The van der Waals surface area contributed by atoms with E-state index < -0.39 is 4.92 Å². The van der Waals surface area contributed by atoms with Gasteiger partial charge in [-0.05, 0) is 48.8 Å². The van der Waals surface area contributed by atoms with E-state index in [9.17, 15) is 20.6 Å². The van der Waals surface area contributed by atoms with Gasteiger partial charge in [0, 0.05) is 23.3 Å². The summed E-state index contributed by atoms with van der Waals surface area (Å²) in [5, 5.41) is 30.1. The van der Waals surface area contributed by atoms with E-state index in [1.807, 2.05) is 0 Å². The van der Waals surface area contributed by atoms with E-state index in [4.69, 9.17) is 10.2 Å². The Bertz CT molecular complexity index is 1410. The van der Waals surface area contributed by atoms with Crippen LogP contribution in [0.2, 0.25) is 0 Å². The zero-order chi connectivity index (χ0) is 22.3. The molecule has 0 bridgehead atoms. The topological polar surface area (TPSA) is 143 Å². The minimum Gasteiger partial charge on any atom is -0.457 e. The second-order valence-electron chi connectivity index (χ2n) is 7.01. The Balaban J connectivity index is 1.84. The van der Waals surface area contributed by atoms with Crippen molar-refractivity contribution < 1.29 is 9.34 Å². The SMILES string of the molecule is CC1=C(C#N)c2nc(N)c(C#N)c(C)c2/C1=C\c1ccc(-c2cccc([N+](=O)[O-])c2)o1. The van der Waals surface area contributed by atoms with Gasteiger partial charge < -0.3 is 10.2 Å². The van der Waals surface area contributed by atoms with Crippen LogP contribution in [0.5, 0.6) is 0 Å². The minimum absolute atomic E-state index is 0.0284. The Morgan fingerprint density at radius 3 is 2.65 bits per heavy atom. The predicted octanol–water partition coefficient (Wildman–Crippen LogP) is 4.86. The van der Waals surface area contributed by atoms with Gasteiger partial charge in [0.1, 0.15) is 29.5 Å². The maximum absolute atomic E-state index is 11.0. The number of non-ortho nitro benzene ring substituents is 1. The monoisotopic (exact) mass is 409 g/mol. The summed E-state index contributed by atoms with van der Waals surface area (Å²) in [7, 11) is 0. The number of nitriles is 2. The van der Waals surface area contributed by atoms with Crippen LogP contribution < -0.4 is 5.73 Å². The highest BCUT2D eigenvalue weighted by atomic mass is 16.6. The quantitative estimate of drug-likeness (QED) is 0.480. The van der Waals surface area contributed by atoms with Crippen molar-refractivity contribution in [1.29, 1.82) is 10.5 Å². The van der Waals surface area contributed by atoms with Crippen molar-refractivity contribution in [2.24, 2.45) is 0 Å². The molecule has 0 unspecified atom stereocenters. The van der Waals surface area contributed by atoms with Gasteiger partial charge in [-0.25, -0.2) is 4.98 Å². The number of nitrogens with two attached hydrogens (primary N) is 1. The van der Waals surface area contributed by atoms with Crippen LogP contribution in [-0.2, 0) is 0 Å². The smallest absolute Gasteiger partial charge is 0.270 e. The molecule has 2 aromatic heterocycles. The van der Waals surface area contributed by atoms with E-state index in [0.717, 1.165) is 0 Å². The van der Waals surface area contributed by atoms with Gasteiger partial charge in [-0.2, -0.15) is 10.5 Å². The molecule has 1 aliphatic rings. The Morgan fingerprint density at radius 1 is 1.19 bits per heavy atom. The molecule has 150 valence electrons. The molecule has 0 amide bonds. The van der Waals surface area contributed by atoms with Crippen molar-refractivity contribution in [3.8, 4) is 23.5 Å². The minimum atomic E-state index is -0.462. The van der Waals surface area contributed by atoms with Gasteiger partial charge in [0.15, 0.2) is 0 Å². The average Bonchev–Trinajstić information content (AvgIpc) is 3.31. The number of hydrogen-bond donors (Lipinski definition) is 1. The number of pyridine rings is 1. The van der Waals surface area contributed by atoms with Crippen LogP contribution in [0.1, 0.15) is 35.1 Å². The number of nitro benzene ring substituents is 1. The highest BCUT2D eigenvalue weighted by molar-refractivity contribution is 6.08. The Kier molecular flexibility index (Phi) is 4.61. The first-order valence-electron chi connectivity index (χ1n) is 9.24. The molecule has 1 aliphatic carbocycles. The average molecular weight is 409 g/mol. The number of allylic oxidation sites excluding steroid dienone is 3. The third-order valence-electron chi connectivity index (χ3n) is 5.24. The van der Waals surface area contributed by atoms with Crippen molar-refractivity contribution in [2.75, 3.05) is 5.73 Å². The number of nitrogens with zero attached hydrogens (tertiary/aromatic N) is 4. The van der Waals surface area contributed by atoms with Crippen molar-refractivity contribution in [3.63, 3.8) is 0 Å². The molecule has 1 aromatic carbocycles. The molecule has 0 atom stereocenters. The summed E-state index contributed by atoms with van der Waals surface area (Å²) in [5.41, 5.74) is 10.3. The molecular formula is C23H15N5O3. The molecule has 0 saturated carbocycles. The van der Waals surface area contributed by atoms with E-state index in [-0.39, 0.29) is 17.1 Å². The lowest BCUT2D eigenvalue weighted by Gasteiger charge is -2.10. The van der Waals surface area contributed by atoms with Gasteiger partial charge >= 0.3 is 0 Å². The number of fused-ring (bicyclic) bond motifs is 1. The van der Waals surface area contributed by atoms with E-state index in [2.05, 4.69) is 17.1 Å². The fourth-order valence-electron chi connectivity index (χ4n) is 3.70. The molecular weight excluding hydrogens is 394 g/mol. The highest BCUT2D eigenvalue weighted by Crippen LogP contribution is 2.44. The molecule has 8 nitrogen and oxygen atoms in total. The molecule has 0 saturated heterocycles. The fourth-order valence-corrected chi connectivity index (χ4v) is 3.70. The summed E-state index contributed by atoms with van der Waals surface area (Å²) < 4.78 is 5.90. The van der Waals surface area contributed by atoms with Crippen molar-refractivity contribution in [3.05, 3.63) is 80.2 Å². The molecule has 31 heavy (non-hydrogen) atoms. The Labute approximate surface area is 177 Å². The maximum atomic E-state index is 11.0. The molecule has 2 heterocycles. The van der Waals surface area contributed by atoms with Gasteiger partial charge in [0.05, 0.1) is 21.8 Å². The summed E-state index contributed by atoms with van der Waals surface area (Å²) in [6, 6.07) is 13.9. The van der Waals surface area contributed by atoms with E-state index in [1.54, 1.807) is 44.2 Å². The number of hydrogen-bond acceptors (Lipinski definition) is 7. The van der Waals surface area contributed by atoms with Crippen molar-refractivity contribution in [1.82, 2.24) is 4.98 Å². The van der Waals surface area contributed by atoms with Gasteiger partial charge in [0.2, 0.25) is 0 Å². The number of nitro groups is 1. The number of benzene rings is 1. The summed E-state index contributed by atoms with van der Waals surface area (Å²) in [6.07, 6.45) is 1.77. The van der Waals surface area contributed by atoms with Gasteiger partial charge in [-0.15, -0.1) is 0 Å². The molecule has 0 radical (unpaired) electrons. The van der Waals surface area contributed by atoms with Crippen LogP contribution in [0.15, 0.2) is 46.4 Å². The van der Waals surface area contributed by atoms with Crippen LogP contribution in [0.25, 0.3) is 28.5 Å². The van der Waals surface area contributed by atoms with Crippen LogP contribution in [0, 0.1) is 39.7 Å². The van der Waals surface area contributed by atoms with Crippen LogP contribution in [0.4, 0.5) is 11.5 Å². The number of rotatable bonds is 3. The van der Waals surface area contributed by atoms with Crippen LogP contribution in [0.3, 0.4) is 0 Å². The second kappa shape index (κ2) is 7.29. The van der Waals surface area contributed by atoms with Crippen molar-refractivity contribution in [2.45, 2.75) is 13.8 Å². The number of anilines is 1. The van der Waals surface area contributed by atoms with E-state index >= 15 is 0 Å².